The maximum Gasteiger partial charge on any atom is 0.329 e. The number of hydrogen-bond donors (Lipinski definition) is 3. The van der Waals surface area contributed by atoms with Gasteiger partial charge in [-0.05, 0) is 25.0 Å². The van der Waals surface area contributed by atoms with Crippen LogP contribution in [0.5, 0.6) is 0 Å². The van der Waals surface area contributed by atoms with E-state index >= 15 is 0 Å². The Bertz CT molecular complexity index is 595. The quantitative estimate of drug-likeness (QED) is 0.682. The Morgan fingerprint density at radius 1 is 1.19 bits per heavy atom. The van der Waals surface area contributed by atoms with Gasteiger partial charge in [-0.15, -0.1) is 0 Å². The molecular formula is C14H22N2O4S. The first-order valence-corrected chi connectivity index (χ1v) is 8.41. The molecule has 1 rings (SSSR count). The van der Waals surface area contributed by atoms with Crippen molar-refractivity contribution in [2.45, 2.75) is 44.0 Å². The molecule has 118 valence electrons. The number of nitrogens with one attached hydrogen (secondary N) is 2. The van der Waals surface area contributed by atoms with Crippen LogP contribution in [0.3, 0.4) is 0 Å². The lowest BCUT2D eigenvalue weighted by Crippen LogP contribution is -2.45. The zero-order valence-corrected chi connectivity index (χ0v) is 13.3. The highest BCUT2D eigenvalue weighted by molar-refractivity contribution is 7.89. The number of para-hydroxylation sites is 1. The first-order chi connectivity index (χ1) is 9.83. The zero-order valence-electron chi connectivity index (χ0n) is 12.5. The summed E-state index contributed by atoms with van der Waals surface area (Å²) in [5.74, 6) is -0.997. The predicted molar refractivity (Wildman–Crippen MR) is 81.9 cm³/mol. The lowest BCUT2D eigenvalue weighted by atomic mass is 9.92. The summed E-state index contributed by atoms with van der Waals surface area (Å²) in [6, 6.07) is 6.31. The monoisotopic (exact) mass is 314 g/mol. The van der Waals surface area contributed by atoms with E-state index in [0.717, 1.165) is 0 Å². The minimum absolute atomic E-state index is 0.0550. The first kappa shape index (κ1) is 17.5. The summed E-state index contributed by atoms with van der Waals surface area (Å²) in [5.41, 5.74) is -0.887. The third kappa shape index (κ3) is 3.74. The lowest BCUT2D eigenvalue weighted by Gasteiger charge is -2.30. The van der Waals surface area contributed by atoms with Crippen LogP contribution in [0.15, 0.2) is 29.2 Å². The van der Waals surface area contributed by atoms with Gasteiger partial charge in [0.25, 0.3) is 0 Å². The van der Waals surface area contributed by atoms with Crippen molar-refractivity contribution in [2.75, 3.05) is 11.9 Å². The SMILES string of the molecule is CCNS(=O)(=O)c1ccccc1NC(CC)(CC)C(=O)O. The van der Waals surface area contributed by atoms with Gasteiger partial charge in [-0.3, -0.25) is 0 Å². The highest BCUT2D eigenvalue weighted by Gasteiger charge is 2.36. The number of rotatable bonds is 8. The zero-order chi connectivity index (χ0) is 16.1. The van der Waals surface area contributed by atoms with Crippen molar-refractivity contribution in [3.05, 3.63) is 24.3 Å². The minimum Gasteiger partial charge on any atom is -0.480 e. The Balaban J connectivity index is 3.30. The fraction of sp³-hybridized carbons (Fsp3) is 0.500. The molecule has 0 aliphatic heterocycles. The maximum absolute atomic E-state index is 12.2. The van der Waals surface area contributed by atoms with E-state index in [0.29, 0.717) is 18.5 Å². The number of aliphatic carboxylic acids is 1. The van der Waals surface area contributed by atoms with Crippen molar-refractivity contribution in [2.24, 2.45) is 0 Å². The summed E-state index contributed by atoms with van der Waals surface area (Å²) in [6.45, 7) is 5.47. The van der Waals surface area contributed by atoms with Gasteiger partial charge in [0.1, 0.15) is 10.4 Å². The van der Waals surface area contributed by atoms with Crippen LogP contribution in [-0.2, 0) is 14.8 Å². The second-order valence-corrected chi connectivity index (χ2v) is 6.45. The van der Waals surface area contributed by atoms with E-state index in [-0.39, 0.29) is 11.4 Å². The van der Waals surface area contributed by atoms with Gasteiger partial charge >= 0.3 is 5.97 Å². The van der Waals surface area contributed by atoms with Crippen LogP contribution in [0.25, 0.3) is 0 Å². The Kier molecular flexibility index (Phi) is 5.74. The Labute approximate surface area is 125 Å². The number of hydrogen-bond acceptors (Lipinski definition) is 4. The summed E-state index contributed by atoms with van der Waals surface area (Å²) in [4.78, 5) is 11.6. The molecule has 0 radical (unpaired) electrons. The summed E-state index contributed by atoms with van der Waals surface area (Å²) >= 11 is 0. The number of carbonyl (C=O) groups is 1. The molecule has 0 fully saturated rings. The van der Waals surface area contributed by atoms with Gasteiger partial charge in [-0.25, -0.2) is 17.9 Å². The van der Waals surface area contributed by atoms with Crippen molar-refractivity contribution in [3.8, 4) is 0 Å². The van der Waals surface area contributed by atoms with Crippen LogP contribution < -0.4 is 10.0 Å². The number of benzene rings is 1. The fourth-order valence-corrected chi connectivity index (χ4v) is 3.31. The summed E-state index contributed by atoms with van der Waals surface area (Å²) < 4.78 is 26.8. The van der Waals surface area contributed by atoms with Crippen LogP contribution in [0, 0.1) is 0 Å². The highest BCUT2D eigenvalue weighted by Crippen LogP contribution is 2.27. The molecule has 0 aliphatic carbocycles. The standard InChI is InChI=1S/C14H22N2O4S/c1-4-14(5-2,13(17)18)16-11-9-7-8-10-12(11)21(19,20)15-6-3/h7-10,15-16H,4-6H2,1-3H3,(H,17,18). The molecule has 1 aromatic rings. The number of carboxylic acids is 1. The molecule has 3 N–H and O–H groups in total. The van der Waals surface area contributed by atoms with Gasteiger partial charge in [-0.2, -0.15) is 0 Å². The van der Waals surface area contributed by atoms with Crippen molar-refractivity contribution in [1.82, 2.24) is 4.72 Å². The van der Waals surface area contributed by atoms with E-state index in [1.807, 2.05) is 0 Å². The second-order valence-electron chi connectivity index (χ2n) is 4.72. The normalized spacial score (nSPS) is 12.1. The Hall–Kier alpha value is -1.60. The largest absolute Gasteiger partial charge is 0.480 e. The van der Waals surface area contributed by atoms with Crippen molar-refractivity contribution >= 4 is 21.7 Å². The number of carboxylic acid groups (broad SMARTS) is 1. The smallest absolute Gasteiger partial charge is 0.329 e. The molecule has 0 unspecified atom stereocenters. The lowest BCUT2D eigenvalue weighted by molar-refractivity contribution is -0.142. The molecule has 0 spiro atoms. The number of anilines is 1. The van der Waals surface area contributed by atoms with Crippen molar-refractivity contribution < 1.29 is 18.3 Å². The molecule has 0 atom stereocenters. The minimum atomic E-state index is -3.66. The van der Waals surface area contributed by atoms with Gasteiger partial charge < -0.3 is 10.4 Å². The second kappa shape index (κ2) is 6.91. The molecule has 0 saturated heterocycles. The summed E-state index contributed by atoms with van der Waals surface area (Å²) in [5, 5.41) is 12.4. The van der Waals surface area contributed by atoms with Gasteiger partial charge in [0, 0.05) is 6.54 Å². The molecule has 0 aliphatic rings. The Morgan fingerprint density at radius 3 is 2.24 bits per heavy atom. The molecule has 7 heteroatoms. The average molecular weight is 314 g/mol. The van der Waals surface area contributed by atoms with Gasteiger partial charge in [0.15, 0.2) is 0 Å². The van der Waals surface area contributed by atoms with Crippen molar-refractivity contribution in [1.29, 1.82) is 0 Å². The van der Waals surface area contributed by atoms with E-state index in [4.69, 9.17) is 0 Å². The molecule has 1 aromatic carbocycles. The highest BCUT2D eigenvalue weighted by atomic mass is 32.2. The van der Waals surface area contributed by atoms with Crippen LogP contribution in [0.2, 0.25) is 0 Å². The summed E-state index contributed by atoms with van der Waals surface area (Å²) in [6.07, 6.45) is 0.683. The van der Waals surface area contributed by atoms with Gasteiger partial charge in [0.05, 0.1) is 5.69 Å². The van der Waals surface area contributed by atoms with Crippen LogP contribution in [0.1, 0.15) is 33.6 Å². The van der Waals surface area contributed by atoms with Crippen LogP contribution in [-0.4, -0.2) is 31.6 Å². The van der Waals surface area contributed by atoms with Crippen LogP contribution >= 0.6 is 0 Å². The van der Waals surface area contributed by atoms with E-state index in [2.05, 4.69) is 10.0 Å². The molecule has 6 nitrogen and oxygen atoms in total. The third-order valence-electron chi connectivity index (χ3n) is 3.50. The third-order valence-corrected chi connectivity index (χ3v) is 5.11. The molecule has 0 bridgehead atoms. The molecule has 0 aromatic heterocycles. The van der Waals surface area contributed by atoms with Crippen LogP contribution in [0.4, 0.5) is 5.69 Å². The predicted octanol–water partition coefficient (Wildman–Crippen LogP) is 2.04. The summed E-state index contributed by atoms with van der Waals surface area (Å²) in [7, 11) is -3.66. The Morgan fingerprint density at radius 2 is 1.76 bits per heavy atom. The maximum atomic E-state index is 12.2. The molecule has 0 saturated carbocycles. The molecule has 21 heavy (non-hydrogen) atoms. The van der Waals surface area contributed by atoms with E-state index in [9.17, 15) is 18.3 Å². The van der Waals surface area contributed by atoms with E-state index < -0.39 is 21.5 Å². The first-order valence-electron chi connectivity index (χ1n) is 6.93. The fourth-order valence-electron chi connectivity index (χ4n) is 2.11. The van der Waals surface area contributed by atoms with E-state index in [1.165, 1.54) is 6.07 Å². The van der Waals surface area contributed by atoms with Crippen molar-refractivity contribution in [3.63, 3.8) is 0 Å². The molecule has 0 heterocycles. The van der Waals surface area contributed by atoms with E-state index in [1.54, 1.807) is 39.0 Å². The molecule has 0 amide bonds. The van der Waals surface area contributed by atoms with Gasteiger partial charge in [-0.1, -0.05) is 32.9 Å². The average Bonchev–Trinajstić information content (AvgIpc) is 2.44. The van der Waals surface area contributed by atoms with Gasteiger partial charge in [0.2, 0.25) is 10.0 Å². The number of sulfonamides is 1. The molecular weight excluding hydrogens is 292 g/mol. The topological polar surface area (TPSA) is 95.5 Å².